The van der Waals surface area contributed by atoms with Crippen molar-refractivity contribution in [1.29, 1.82) is 0 Å². The lowest BCUT2D eigenvalue weighted by molar-refractivity contribution is 0.0993. The smallest absolute Gasteiger partial charge is 0.0591 e. The van der Waals surface area contributed by atoms with Gasteiger partial charge in [-0.25, -0.2) is 0 Å². The first-order chi connectivity index (χ1) is 7.22. The summed E-state index contributed by atoms with van der Waals surface area (Å²) in [6.45, 7) is 7.32. The molecule has 2 N–H and O–H groups in total. The third-order valence-corrected chi connectivity index (χ3v) is 2.29. The first kappa shape index (κ1) is 14.8. The lowest BCUT2D eigenvalue weighted by Gasteiger charge is -2.19. The first-order valence-corrected chi connectivity index (χ1v) is 5.63. The van der Waals surface area contributed by atoms with Crippen LogP contribution in [0.2, 0.25) is 0 Å². The fourth-order valence-electron chi connectivity index (χ4n) is 1.23. The summed E-state index contributed by atoms with van der Waals surface area (Å²) in [5, 5.41) is 12.3. The summed E-state index contributed by atoms with van der Waals surface area (Å²) in [5.41, 5.74) is 0. The van der Waals surface area contributed by atoms with E-state index in [-0.39, 0.29) is 12.6 Å². The van der Waals surface area contributed by atoms with Gasteiger partial charge >= 0.3 is 0 Å². The highest BCUT2D eigenvalue weighted by Gasteiger charge is 2.09. The van der Waals surface area contributed by atoms with E-state index in [0.29, 0.717) is 12.5 Å². The maximum atomic E-state index is 9.05. The van der Waals surface area contributed by atoms with E-state index in [1.807, 2.05) is 0 Å². The van der Waals surface area contributed by atoms with E-state index < -0.39 is 0 Å². The predicted octanol–water partition coefficient (Wildman–Crippen LogP) is 0.646. The zero-order valence-corrected chi connectivity index (χ0v) is 10.2. The van der Waals surface area contributed by atoms with Gasteiger partial charge in [0.2, 0.25) is 0 Å². The van der Waals surface area contributed by atoms with Crippen molar-refractivity contribution in [3.8, 4) is 0 Å². The minimum absolute atomic E-state index is 0.174. The Morgan fingerprint density at radius 3 is 2.47 bits per heavy atom. The summed E-state index contributed by atoms with van der Waals surface area (Å²) in [6, 6.07) is 0.174. The van der Waals surface area contributed by atoms with Gasteiger partial charge in [0.15, 0.2) is 0 Å². The van der Waals surface area contributed by atoms with Gasteiger partial charge in [-0.05, 0) is 12.3 Å². The van der Waals surface area contributed by atoms with Crippen LogP contribution in [0.3, 0.4) is 0 Å². The van der Waals surface area contributed by atoms with Crippen LogP contribution in [0.4, 0.5) is 0 Å². The summed E-state index contributed by atoms with van der Waals surface area (Å²) in [7, 11) is 1.69. The number of nitrogens with one attached hydrogen (secondary N) is 1. The third kappa shape index (κ3) is 8.81. The number of hydrogen-bond acceptors (Lipinski definition) is 4. The Labute approximate surface area is 93.0 Å². The molecule has 1 unspecified atom stereocenters. The monoisotopic (exact) mass is 219 g/mol. The van der Waals surface area contributed by atoms with Crippen LogP contribution in [0, 0.1) is 5.92 Å². The maximum absolute atomic E-state index is 9.05. The third-order valence-electron chi connectivity index (χ3n) is 2.29. The molecule has 0 aliphatic carbocycles. The van der Waals surface area contributed by atoms with Gasteiger partial charge in [0.05, 0.1) is 13.2 Å². The number of methoxy groups -OCH3 is 1. The van der Waals surface area contributed by atoms with Crippen LogP contribution in [-0.2, 0) is 9.47 Å². The normalized spacial score (nSPS) is 13.4. The molecule has 0 aromatic heterocycles. The lowest BCUT2D eigenvalue weighted by atomic mass is 10.1. The van der Waals surface area contributed by atoms with Crippen molar-refractivity contribution in [1.82, 2.24) is 5.32 Å². The van der Waals surface area contributed by atoms with E-state index in [4.69, 9.17) is 14.6 Å². The first-order valence-electron chi connectivity index (χ1n) is 5.63. The number of aliphatic hydroxyl groups is 1. The van der Waals surface area contributed by atoms with Crippen molar-refractivity contribution in [2.24, 2.45) is 5.92 Å². The van der Waals surface area contributed by atoms with Crippen LogP contribution < -0.4 is 5.32 Å². The fourth-order valence-corrected chi connectivity index (χ4v) is 1.23. The van der Waals surface area contributed by atoms with Gasteiger partial charge in [0.1, 0.15) is 0 Å². The molecule has 0 aliphatic heterocycles. The molecule has 0 amide bonds. The lowest BCUT2D eigenvalue weighted by Crippen LogP contribution is -2.38. The second-order valence-electron chi connectivity index (χ2n) is 3.95. The van der Waals surface area contributed by atoms with Gasteiger partial charge in [0.25, 0.3) is 0 Å². The molecule has 0 saturated carbocycles. The molecule has 0 saturated heterocycles. The van der Waals surface area contributed by atoms with Crippen molar-refractivity contribution >= 4 is 0 Å². The second kappa shape index (κ2) is 10.4. The predicted molar refractivity (Wildman–Crippen MR) is 61.0 cm³/mol. The molecule has 15 heavy (non-hydrogen) atoms. The Hall–Kier alpha value is -0.160. The second-order valence-corrected chi connectivity index (χ2v) is 3.95. The van der Waals surface area contributed by atoms with Crippen LogP contribution in [0.1, 0.15) is 20.3 Å². The minimum Gasteiger partial charge on any atom is -0.395 e. The molecule has 0 heterocycles. The van der Waals surface area contributed by atoms with E-state index >= 15 is 0 Å². The molecule has 0 aromatic carbocycles. The summed E-state index contributed by atoms with van der Waals surface area (Å²) in [5.74, 6) is 0.448. The SMILES string of the molecule is COCCCOCCNC(CO)C(C)C. The molecular weight excluding hydrogens is 194 g/mol. The Balaban J connectivity index is 3.22. The highest BCUT2D eigenvalue weighted by Crippen LogP contribution is 1.99. The van der Waals surface area contributed by atoms with Gasteiger partial charge in [-0.1, -0.05) is 13.8 Å². The Morgan fingerprint density at radius 2 is 1.93 bits per heavy atom. The Morgan fingerprint density at radius 1 is 1.20 bits per heavy atom. The van der Waals surface area contributed by atoms with E-state index in [1.54, 1.807) is 7.11 Å². The van der Waals surface area contributed by atoms with Crippen molar-refractivity contribution in [2.75, 3.05) is 40.1 Å². The average molecular weight is 219 g/mol. The molecule has 0 bridgehead atoms. The van der Waals surface area contributed by atoms with Crippen molar-refractivity contribution < 1.29 is 14.6 Å². The van der Waals surface area contributed by atoms with Gasteiger partial charge in [-0.2, -0.15) is 0 Å². The summed E-state index contributed by atoms with van der Waals surface area (Å²) < 4.78 is 10.3. The van der Waals surface area contributed by atoms with Crippen LogP contribution in [-0.4, -0.2) is 51.2 Å². The van der Waals surface area contributed by atoms with Crippen molar-refractivity contribution in [3.63, 3.8) is 0 Å². The molecule has 4 nitrogen and oxygen atoms in total. The molecule has 0 aliphatic rings. The topological polar surface area (TPSA) is 50.7 Å². The summed E-state index contributed by atoms with van der Waals surface area (Å²) >= 11 is 0. The highest BCUT2D eigenvalue weighted by atomic mass is 16.5. The van der Waals surface area contributed by atoms with Crippen molar-refractivity contribution in [2.45, 2.75) is 26.3 Å². The van der Waals surface area contributed by atoms with Crippen molar-refractivity contribution in [3.05, 3.63) is 0 Å². The van der Waals surface area contributed by atoms with Gasteiger partial charge in [-0.3, -0.25) is 0 Å². The molecular formula is C11H25NO3. The highest BCUT2D eigenvalue weighted by molar-refractivity contribution is 4.68. The zero-order valence-electron chi connectivity index (χ0n) is 10.2. The molecule has 4 heteroatoms. The summed E-state index contributed by atoms with van der Waals surface area (Å²) in [4.78, 5) is 0. The van der Waals surface area contributed by atoms with Crippen LogP contribution in [0.5, 0.6) is 0 Å². The number of ether oxygens (including phenoxy) is 2. The quantitative estimate of drug-likeness (QED) is 0.530. The maximum Gasteiger partial charge on any atom is 0.0591 e. The molecule has 0 aromatic rings. The zero-order chi connectivity index (χ0) is 11.5. The molecule has 92 valence electrons. The molecule has 0 rings (SSSR count). The minimum atomic E-state index is 0.174. The van der Waals surface area contributed by atoms with Gasteiger partial charge < -0.3 is 19.9 Å². The Bertz CT molecular complexity index is 131. The average Bonchev–Trinajstić information content (AvgIpc) is 2.21. The summed E-state index contributed by atoms with van der Waals surface area (Å²) in [6.07, 6.45) is 0.935. The van der Waals surface area contributed by atoms with Gasteiger partial charge in [-0.15, -0.1) is 0 Å². The number of aliphatic hydroxyl groups excluding tert-OH is 1. The van der Waals surface area contributed by atoms with Crippen LogP contribution >= 0.6 is 0 Å². The van der Waals surface area contributed by atoms with E-state index in [0.717, 1.165) is 26.2 Å². The molecule has 1 atom stereocenters. The van der Waals surface area contributed by atoms with E-state index in [9.17, 15) is 0 Å². The van der Waals surface area contributed by atoms with E-state index in [2.05, 4.69) is 19.2 Å². The largest absolute Gasteiger partial charge is 0.395 e. The van der Waals surface area contributed by atoms with Crippen LogP contribution in [0.25, 0.3) is 0 Å². The standard InChI is InChI=1S/C11H25NO3/c1-10(2)11(9-13)12-5-8-15-7-4-6-14-3/h10-13H,4-9H2,1-3H3. The van der Waals surface area contributed by atoms with Gasteiger partial charge in [0, 0.05) is 32.9 Å². The van der Waals surface area contributed by atoms with Crippen LogP contribution in [0.15, 0.2) is 0 Å². The number of rotatable bonds is 10. The molecule has 0 radical (unpaired) electrons. The fraction of sp³-hybridized carbons (Fsp3) is 1.00. The number of hydrogen-bond donors (Lipinski definition) is 2. The Kier molecular flexibility index (Phi) is 10.3. The molecule has 0 fully saturated rings. The van der Waals surface area contributed by atoms with E-state index in [1.165, 1.54) is 0 Å². The molecule has 0 spiro atoms.